The molecule has 0 saturated heterocycles. The summed E-state index contributed by atoms with van der Waals surface area (Å²) in [4.78, 5) is 0. The predicted molar refractivity (Wildman–Crippen MR) is 61.2 cm³/mol. The van der Waals surface area contributed by atoms with Crippen LogP contribution >= 0.6 is 0 Å². The molecule has 1 fully saturated rings. The van der Waals surface area contributed by atoms with E-state index in [0.717, 1.165) is 0 Å². The minimum Gasteiger partial charge on any atom is -0.386 e. The first-order valence-electron chi connectivity index (χ1n) is 5.94. The van der Waals surface area contributed by atoms with Gasteiger partial charge in [0, 0.05) is 0 Å². The molecule has 0 radical (unpaired) electrons. The molecule has 0 amide bonds. The summed E-state index contributed by atoms with van der Waals surface area (Å²) in [5, 5.41) is 10.0. The molecular weight excluding hydrogens is 172 g/mol. The molecule has 0 aromatic rings. The van der Waals surface area contributed by atoms with Crippen molar-refractivity contribution in [3.8, 4) is 0 Å². The molecule has 14 heavy (non-hydrogen) atoms. The zero-order chi connectivity index (χ0) is 10.6. The van der Waals surface area contributed by atoms with Gasteiger partial charge in [-0.3, -0.25) is 0 Å². The van der Waals surface area contributed by atoms with Crippen LogP contribution in [-0.4, -0.2) is 10.7 Å². The summed E-state index contributed by atoms with van der Waals surface area (Å²) in [7, 11) is 0. The lowest BCUT2D eigenvalue weighted by atomic mass is 9.86. The SMILES string of the molecule is CC(C)[C@](C)(O)C=CC1CCCCC1. The average Bonchev–Trinajstić information content (AvgIpc) is 2.16. The van der Waals surface area contributed by atoms with Crippen molar-refractivity contribution in [3.63, 3.8) is 0 Å². The first kappa shape index (κ1) is 11.8. The van der Waals surface area contributed by atoms with Crippen LogP contribution in [0.1, 0.15) is 52.9 Å². The molecule has 1 nitrogen and oxygen atoms in total. The normalized spacial score (nSPS) is 24.4. The zero-order valence-corrected chi connectivity index (χ0v) is 9.79. The lowest BCUT2D eigenvalue weighted by Gasteiger charge is -2.25. The second kappa shape index (κ2) is 4.97. The molecule has 1 rings (SSSR count). The Morgan fingerprint density at radius 1 is 1.21 bits per heavy atom. The van der Waals surface area contributed by atoms with E-state index in [4.69, 9.17) is 0 Å². The van der Waals surface area contributed by atoms with Gasteiger partial charge in [0.2, 0.25) is 0 Å². The van der Waals surface area contributed by atoms with E-state index in [2.05, 4.69) is 19.9 Å². The second-order valence-electron chi connectivity index (χ2n) is 5.14. The third-order valence-electron chi connectivity index (χ3n) is 3.52. The Kier molecular flexibility index (Phi) is 4.18. The van der Waals surface area contributed by atoms with E-state index in [1.165, 1.54) is 32.1 Å². The van der Waals surface area contributed by atoms with Crippen molar-refractivity contribution in [1.82, 2.24) is 0 Å². The van der Waals surface area contributed by atoms with Crippen molar-refractivity contribution >= 4 is 0 Å². The molecule has 0 unspecified atom stereocenters. The Morgan fingerprint density at radius 2 is 1.79 bits per heavy atom. The van der Waals surface area contributed by atoms with Gasteiger partial charge in [-0.25, -0.2) is 0 Å². The van der Waals surface area contributed by atoms with Gasteiger partial charge >= 0.3 is 0 Å². The highest BCUT2D eigenvalue weighted by atomic mass is 16.3. The van der Waals surface area contributed by atoms with Crippen molar-refractivity contribution in [3.05, 3.63) is 12.2 Å². The summed E-state index contributed by atoms with van der Waals surface area (Å²) in [6, 6.07) is 0. The first-order chi connectivity index (χ1) is 6.52. The molecule has 1 aliphatic carbocycles. The summed E-state index contributed by atoms with van der Waals surface area (Å²) in [6.45, 7) is 6.02. The van der Waals surface area contributed by atoms with Crippen molar-refractivity contribution in [1.29, 1.82) is 0 Å². The number of hydrogen-bond donors (Lipinski definition) is 1. The largest absolute Gasteiger partial charge is 0.386 e. The van der Waals surface area contributed by atoms with Gasteiger partial charge < -0.3 is 5.11 Å². The molecule has 1 aliphatic rings. The first-order valence-corrected chi connectivity index (χ1v) is 5.94. The van der Waals surface area contributed by atoms with Crippen molar-refractivity contribution in [2.24, 2.45) is 11.8 Å². The molecular formula is C13H24O. The summed E-state index contributed by atoms with van der Waals surface area (Å²) in [5.41, 5.74) is -0.628. The smallest absolute Gasteiger partial charge is 0.0822 e. The summed E-state index contributed by atoms with van der Waals surface area (Å²) < 4.78 is 0. The summed E-state index contributed by atoms with van der Waals surface area (Å²) in [6.07, 6.45) is 11.0. The van der Waals surface area contributed by atoms with E-state index in [9.17, 15) is 5.11 Å². The van der Waals surface area contributed by atoms with Gasteiger partial charge in [0.1, 0.15) is 0 Å². The fraction of sp³-hybridized carbons (Fsp3) is 0.846. The topological polar surface area (TPSA) is 20.2 Å². The van der Waals surface area contributed by atoms with Gasteiger partial charge in [0.05, 0.1) is 5.60 Å². The average molecular weight is 196 g/mol. The number of rotatable bonds is 3. The van der Waals surface area contributed by atoms with E-state index in [1.807, 2.05) is 13.0 Å². The van der Waals surface area contributed by atoms with Crippen LogP contribution in [0.2, 0.25) is 0 Å². The van der Waals surface area contributed by atoms with Crippen LogP contribution in [0.15, 0.2) is 12.2 Å². The number of allylic oxidation sites excluding steroid dienone is 1. The van der Waals surface area contributed by atoms with E-state index in [-0.39, 0.29) is 0 Å². The molecule has 0 aromatic carbocycles. The third-order valence-corrected chi connectivity index (χ3v) is 3.52. The highest BCUT2D eigenvalue weighted by Crippen LogP contribution is 2.26. The maximum atomic E-state index is 10.0. The Labute approximate surface area is 88.2 Å². The predicted octanol–water partition coefficient (Wildman–Crippen LogP) is 3.53. The lowest BCUT2D eigenvalue weighted by Crippen LogP contribution is -2.28. The molecule has 0 bridgehead atoms. The molecule has 0 heterocycles. The van der Waals surface area contributed by atoms with E-state index in [1.54, 1.807) is 0 Å². The van der Waals surface area contributed by atoms with E-state index in [0.29, 0.717) is 11.8 Å². The Bertz CT molecular complexity index is 185. The molecule has 0 aromatic heterocycles. The Balaban J connectivity index is 2.44. The van der Waals surface area contributed by atoms with Crippen LogP contribution in [-0.2, 0) is 0 Å². The van der Waals surface area contributed by atoms with Crippen molar-refractivity contribution in [2.45, 2.75) is 58.5 Å². The van der Waals surface area contributed by atoms with Gasteiger partial charge in [-0.2, -0.15) is 0 Å². The second-order valence-corrected chi connectivity index (χ2v) is 5.14. The fourth-order valence-electron chi connectivity index (χ4n) is 1.85. The highest BCUT2D eigenvalue weighted by Gasteiger charge is 2.21. The van der Waals surface area contributed by atoms with Gasteiger partial charge in [-0.05, 0) is 31.6 Å². The standard InChI is InChI=1S/C13H24O/c1-11(2)13(3,14)10-9-12-7-5-4-6-8-12/h9-12,14H,4-8H2,1-3H3/t13-/m1/s1. The number of hydrogen-bond acceptors (Lipinski definition) is 1. The minimum atomic E-state index is -0.628. The lowest BCUT2D eigenvalue weighted by molar-refractivity contribution is 0.0619. The van der Waals surface area contributed by atoms with Crippen molar-refractivity contribution in [2.75, 3.05) is 0 Å². The molecule has 0 aliphatic heterocycles. The number of aliphatic hydroxyl groups is 1. The van der Waals surface area contributed by atoms with Crippen LogP contribution in [0, 0.1) is 11.8 Å². The molecule has 82 valence electrons. The summed E-state index contributed by atoms with van der Waals surface area (Å²) >= 11 is 0. The zero-order valence-electron chi connectivity index (χ0n) is 9.79. The quantitative estimate of drug-likeness (QED) is 0.685. The van der Waals surface area contributed by atoms with Crippen LogP contribution in [0.25, 0.3) is 0 Å². The molecule has 1 N–H and O–H groups in total. The van der Waals surface area contributed by atoms with E-state index >= 15 is 0 Å². The van der Waals surface area contributed by atoms with Gasteiger partial charge in [0.15, 0.2) is 0 Å². The van der Waals surface area contributed by atoms with Gasteiger partial charge in [-0.1, -0.05) is 45.3 Å². The van der Waals surface area contributed by atoms with E-state index < -0.39 is 5.60 Å². The summed E-state index contributed by atoms with van der Waals surface area (Å²) in [5.74, 6) is 1.01. The minimum absolute atomic E-state index is 0.294. The van der Waals surface area contributed by atoms with Gasteiger partial charge in [-0.15, -0.1) is 0 Å². The Hall–Kier alpha value is -0.300. The maximum absolute atomic E-state index is 10.0. The Morgan fingerprint density at radius 3 is 2.29 bits per heavy atom. The molecule has 1 saturated carbocycles. The van der Waals surface area contributed by atoms with Crippen LogP contribution < -0.4 is 0 Å². The maximum Gasteiger partial charge on any atom is 0.0822 e. The monoisotopic (exact) mass is 196 g/mol. The van der Waals surface area contributed by atoms with Crippen molar-refractivity contribution < 1.29 is 5.11 Å². The van der Waals surface area contributed by atoms with Gasteiger partial charge in [0.25, 0.3) is 0 Å². The van der Waals surface area contributed by atoms with Crippen LogP contribution in [0.5, 0.6) is 0 Å². The van der Waals surface area contributed by atoms with Crippen LogP contribution in [0.4, 0.5) is 0 Å². The fourth-order valence-corrected chi connectivity index (χ4v) is 1.85. The van der Waals surface area contributed by atoms with Crippen LogP contribution in [0.3, 0.4) is 0 Å². The molecule has 1 atom stereocenters. The highest BCUT2D eigenvalue weighted by molar-refractivity contribution is 5.02. The molecule has 1 heteroatoms. The third kappa shape index (κ3) is 3.45. The molecule has 0 spiro atoms.